The van der Waals surface area contributed by atoms with Crippen LogP contribution in [0.25, 0.3) is 0 Å². The van der Waals surface area contributed by atoms with E-state index in [-0.39, 0.29) is 5.91 Å². The highest BCUT2D eigenvalue weighted by Gasteiger charge is 2.31. The third-order valence-electron chi connectivity index (χ3n) is 3.35. The first kappa shape index (κ1) is 14.9. The lowest BCUT2D eigenvalue weighted by Crippen LogP contribution is -2.30. The summed E-state index contributed by atoms with van der Waals surface area (Å²) >= 11 is 1.50. The second kappa shape index (κ2) is 5.87. The molecule has 0 bridgehead atoms. The summed E-state index contributed by atoms with van der Waals surface area (Å²) in [5, 5.41) is 0.785. The Morgan fingerprint density at radius 2 is 2.05 bits per heavy atom. The number of hydrogen-bond donors (Lipinski definition) is 0. The van der Waals surface area contributed by atoms with Gasteiger partial charge in [0.15, 0.2) is 5.17 Å². The molecule has 2 rings (SSSR count). The number of hydrogen-bond acceptors (Lipinski definition) is 4. The van der Waals surface area contributed by atoms with Gasteiger partial charge in [-0.05, 0) is 23.6 Å². The van der Waals surface area contributed by atoms with Crippen LogP contribution in [-0.2, 0) is 4.79 Å². The molecule has 0 aromatic heterocycles. The summed E-state index contributed by atoms with van der Waals surface area (Å²) in [5.41, 5.74) is 3.22. The first-order valence-corrected chi connectivity index (χ1v) is 7.68. The van der Waals surface area contributed by atoms with E-state index in [0.29, 0.717) is 11.7 Å². The van der Waals surface area contributed by atoms with Gasteiger partial charge in [0.05, 0.1) is 11.4 Å². The van der Waals surface area contributed by atoms with Crippen molar-refractivity contribution in [3.8, 4) is 0 Å². The molecule has 1 aliphatic heterocycles. The number of carbonyl (C=O) groups excluding carboxylic acids is 1. The Hall–Kier alpha value is -1.49. The minimum absolute atomic E-state index is 0.105. The molecule has 1 saturated heterocycles. The Morgan fingerprint density at radius 1 is 1.35 bits per heavy atom. The molecule has 0 unspecified atom stereocenters. The van der Waals surface area contributed by atoms with Gasteiger partial charge >= 0.3 is 0 Å². The second-order valence-electron chi connectivity index (χ2n) is 5.32. The maximum atomic E-state index is 12.2. The third kappa shape index (κ3) is 2.68. The highest BCUT2D eigenvalue weighted by molar-refractivity contribution is 8.15. The Morgan fingerprint density at radius 3 is 2.60 bits per heavy atom. The van der Waals surface area contributed by atoms with Gasteiger partial charge in [-0.3, -0.25) is 14.7 Å². The molecule has 0 radical (unpaired) electrons. The fourth-order valence-electron chi connectivity index (χ4n) is 2.26. The number of rotatable bonds is 3. The lowest BCUT2D eigenvalue weighted by atomic mass is 9.99. The molecule has 0 aliphatic carbocycles. The largest absolute Gasteiger partial charge is 0.378 e. The van der Waals surface area contributed by atoms with Crippen LogP contribution in [-0.4, -0.2) is 38.0 Å². The molecule has 0 N–H and O–H groups in total. The molecule has 1 aliphatic rings. The Bertz CT molecular complexity index is 552. The summed E-state index contributed by atoms with van der Waals surface area (Å²) < 4.78 is 0. The fourth-order valence-corrected chi connectivity index (χ4v) is 3.10. The first-order chi connectivity index (χ1) is 9.45. The van der Waals surface area contributed by atoms with Crippen LogP contribution in [0.15, 0.2) is 23.2 Å². The summed E-state index contributed by atoms with van der Waals surface area (Å²) in [4.78, 5) is 20.3. The average Bonchev–Trinajstić information content (AvgIpc) is 2.78. The SMILES string of the molecule is CN=C1SCC(=O)N1c1cc(N(C)C)ccc1C(C)C. The Balaban J connectivity index is 2.57. The van der Waals surface area contributed by atoms with Gasteiger partial charge in [-0.15, -0.1) is 0 Å². The van der Waals surface area contributed by atoms with Crippen molar-refractivity contribution in [3.63, 3.8) is 0 Å². The van der Waals surface area contributed by atoms with Gasteiger partial charge in [0.25, 0.3) is 0 Å². The molecule has 1 amide bonds. The summed E-state index contributed by atoms with van der Waals surface area (Å²) in [5.74, 6) is 0.933. The van der Waals surface area contributed by atoms with Crippen LogP contribution in [0.2, 0.25) is 0 Å². The van der Waals surface area contributed by atoms with Gasteiger partial charge in [-0.1, -0.05) is 31.7 Å². The van der Waals surface area contributed by atoms with Crippen molar-refractivity contribution in [2.75, 3.05) is 36.7 Å². The van der Waals surface area contributed by atoms with Crippen molar-refractivity contribution < 1.29 is 4.79 Å². The van der Waals surface area contributed by atoms with Crippen LogP contribution in [0.5, 0.6) is 0 Å². The van der Waals surface area contributed by atoms with Crippen molar-refractivity contribution in [1.82, 2.24) is 0 Å². The molecule has 0 atom stereocenters. The minimum Gasteiger partial charge on any atom is -0.378 e. The van der Waals surface area contributed by atoms with E-state index in [0.717, 1.165) is 16.5 Å². The molecular weight excluding hydrogens is 270 g/mol. The van der Waals surface area contributed by atoms with Crippen molar-refractivity contribution in [1.29, 1.82) is 0 Å². The van der Waals surface area contributed by atoms with Crippen molar-refractivity contribution in [2.45, 2.75) is 19.8 Å². The average molecular weight is 291 g/mol. The van der Waals surface area contributed by atoms with Gasteiger partial charge in [-0.2, -0.15) is 0 Å². The zero-order chi connectivity index (χ0) is 14.9. The van der Waals surface area contributed by atoms with Crippen LogP contribution < -0.4 is 9.80 Å². The van der Waals surface area contributed by atoms with Gasteiger partial charge < -0.3 is 4.90 Å². The number of anilines is 2. The van der Waals surface area contributed by atoms with E-state index in [1.54, 1.807) is 11.9 Å². The zero-order valence-corrected chi connectivity index (χ0v) is 13.5. The van der Waals surface area contributed by atoms with E-state index in [2.05, 4.69) is 37.0 Å². The summed E-state index contributed by atoms with van der Waals surface area (Å²) in [7, 11) is 5.74. The summed E-state index contributed by atoms with van der Waals surface area (Å²) in [6, 6.07) is 6.28. The molecule has 4 nitrogen and oxygen atoms in total. The van der Waals surface area contributed by atoms with Gasteiger partial charge in [0, 0.05) is 26.8 Å². The molecule has 108 valence electrons. The zero-order valence-electron chi connectivity index (χ0n) is 12.7. The maximum absolute atomic E-state index is 12.2. The standard InChI is InChI=1S/C15H21N3OS/c1-10(2)12-7-6-11(17(4)5)8-13(12)18-14(19)9-20-15(18)16-3/h6-8,10H,9H2,1-5H3. The molecule has 5 heteroatoms. The molecule has 0 spiro atoms. The van der Waals surface area contributed by atoms with Crippen molar-refractivity contribution in [2.24, 2.45) is 4.99 Å². The fraction of sp³-hybridized carbons (Fsp3) is 0.467. The number of carbonyl (C=O) groups is 1. The van der Waals surface area contributed by atoms with Crippen LogP contribution >= 0.6 is 11.8 Å². The first-order valence-electron chi connectivity index (χ1n) is 6.69. The molecule has 0 saturated carbocycles. The highest BCUT2D eigenvalue weighted by Crippen LogP contribution is 2.35. The van der Waals surface area contributed by atoms with E-state index >= 15 is 0 Å². The predicted octanol–water partition coefficient (Wildman–Crippen LogP) is 2.94. The summed E-state index contributed by atoms with van der Waals surface area (Å²) in [6.45, 7) is 4.29. The van der Waals surface area contributed by atoms with Gasteiger partial charge in [0.1, 0.15) is 0 Å². The van der Waals surface area contributed by atoms with E-state index in [9.17, 15) is 4.79 Å². The Kier molecular flexibility index (Phi) is 4.38. The Labute approximate surface area is 124 Å². The highest BCUT2D eigenvalue weighted by atomic mass is 32.2. The number of thioether (sulfide) groups is 1. The molecular formula is C15H21N3OS. The smallest absolute Gasteiger partial charge is 0.243 e. The van der Waals surface area contributed by atoms with Crippen molar-refractivity contribution >= 4 is 34.2 Å². The lowest BCUT2D eigenvalue weighted by Gasteiger charge is -2.24. The number of amidine groups is 1. The van der Waals surface area contributed by atoms with Gasteiger partial charge in [-0.25, -0.2) is 0 Å². The lowest BCUT2D eigenvalue weighted by molar-refractivity contribution is -0.115. The molecule has 1 heterocycles. The molecule has 1 aromatic rings. The van der Waals surface area contributed by atoms with Crippen LogP contribution in [0.4, 0.5) is 11.4 Å². The monoisotopic (exact) mass is 291 g/mol. The molecule has 20 heavy (non-hydrogen) atoms. The van der Waals surface area contributed by atoms with Crippen LogP contribution in [0.3, 0.4) is 0 Å². The van der Waals surface area contributed by atoms with Crippen LogP contribution in [0.1, 0.15) is 25.3 Å². The topological polar surface area (TPSA) is 35.9 Å². The maximum Gasteiger partial charge on any atom is 0.243 e. The van der Waals surface area contributed by atoms with Crippen LogP contribution in [0, 0.1) is 0 Å². The number of aliphatic imine (C=N–C) groups is 1. The quantitative estimate of drug-likeness (QED) is 0.859. The van der Waals surface area contributed by atoms with Gasteiger partial charge in [0.2, 0.25) is 5.91 Å². The van der Waals surface area contributed by atoms with E-state index in [1.165, 1.54) is 17.3 Å². The number of amides is 1. The normalized spacial score (nSPS) is 17.4. The minimum atomic E-state index is 0.105. The number of nitrogens with zero attached hydrogens (tertiary/aromatic N) is 3. The predicted molar refractivity (Wildman–Crippen MR) is 88.2 cm³/mol. The van der Waals surface area contributed by atoms with E-state index < -0.39 is 0 Å². The van der Waals surface area contributed by atoms with Crippen molar-refractivity contribution in [3.05, 3.63) is 23.8 Å². The molecule has 1 aromatic carbocycles. The van der Waals surface area contributed by atoms with E-state index in [1.807, 2.05) is 19.0 Å². The summed E-state index contributed by atoms with van der Waals surface area (Å²) in [6.07, 6.45) is 0. The number of benzene rings is 1. The third-order valence-corrected chi connectivity index (χ3v) is 4.36. The van der Waals surface area contributed by atoms with E-state index in [4.69, 9.17) is 0 Å². The molecule has 1 fully saturated rings. The second-order valence-corrected chi connectivity index (χ2v) is 6.26.